The highest BCUT2D eigenvalue weighted by atomic mass is 35.5. The maximum Gasteiger partial charge on any atom is 0.120 e. The zero-order valence-corrected chi connectivity index (χ0v) is 16.8. The summed E-state index contributed by atoms with van der Waals surface area (Å²) < 4.78 is 0. The molecule has 1 aromatic heterocycles. The number of halogens is 1. The molecule has 0 fully saturated rings. The van der Waals surface area contributed by atoms with Gasteiger partial charge in [0.05, 0.1) is 5.52 Å². The van der Waals surface area contributed by atoms with Crippen molar-refractivity contribution in [1.29, 1.82) is 0 Å². The monoisotopic (exact) mass is 399 g/mol. The lowest BCUT2D eigenvalue weighted by atomic mass is 10.1. The molecule has 5 nitrogen and oxygen atoms in total. The van der Waals surface area contributed by atoms with Gasteiger partial charge in [0.25, 0.3) is 0 Å². The van der Waals surface area contributed by atoms with E-state index >= 15 is 0 Å². The van der Waals surface area contributed by atoms with Gasteiger partial charge in [-0.25, -0.2) is 0 Å². The second-order valence-electron chi connectivity index (χ2n) is 6.89. The van der Waals surface area contributed by atoms with Gasteiger partial charge < -0.3 is 15.5 Å². The molecule has 1 heterocycles. The molecule has 3 rings (SSSR count). The number of rotatable bonds is 9. The van der Waals surface area contributed by atoms with Crippen molar-refractivity contribution in [3.8, 4) is 11.5 Å². The van der Waals surface area contributed by atoms with Gasteiger partial charge in [0.15, 0.2) is 0 Å². The molecule has 3 aromatic rings. The molecule has 0 unspecified atom stereocenters. The lowest BCUT2D eigenvalue weighted by Crippen LogP contribution is -2.26. The third-order valence-electron chi connectivity index (χ3n) is 4.67. The lowest BCUT2D eigenvalue weighted by molar-refractivity contribution is 0.261. The summed E-state index contributed by atoms with van der Waals surface area (Å²) >= 11 is 6.05. The first-order valence-corrected chi connectivity index (χ1v) is 9.96. The molecule has 148 valence electrons. The summed E-state index contributed by atoms with van der Waals surface area (Å²) in [6.45, 7) is 5.41. The Kier molecular flexibility index (Phi) is 6.95. The standard InChI is InChI=1S/C22H26ClN3O2/c1-2-11-26(15-16-13-18(27)5-7-22(16)28)12-3-9-24-20-8-10-25-21-14-17(23)4-6-19(20)21/h4-8,10,13-14,27-28H,2-3,9,11-12,15H2,1H3,(H,24,25). The number of phenols is 2. The highest BCUT2D eigenvalue weighted by Crippen LogP contribution is 2.25. The van der Waals surface area contributed by atoms with Crippen LogP contribution in [0.4, 0.5) is 5.69 Å². The van der Waals surface area contributed by atoms with Crippen LogP contribution >= 0.6 is 11.6 Å². The van der Waals surface area contributed by atoms with Crippen LogP contribution in [0.5, 0.6) is 11.5 Å². The van der Waals surface area contributed by atoms with Crippen LogP contribution < -0.4 is 5.32 Å². The Labute approximate surface area is 170 Å². The van der Waals surface area contributed by atoms with Crippen LogP contribution in [0.2, 0.25) is 5.02 Å². The number of nitrogens with one attached hydrogen (secondary N) is 1. The van der Waals surface area contributed by atoms with Crippen molar-refractivity contribution in [3.05, 3.63) is 59.2 Å². The van der Waals surface area contributed by atoms with Gasteiger partial charge in [0, 0.05) is 47.5 Å². The Bertz CT molecular complexity index is 933. The minimum absolute atomic E-state index is 0.176. The third kappa shape index (κ3) is 5.27. The minimum atomic E-state index is 0.176. The van der Waals surface area contributed by atoms with E-state index in [9.17, 15) is 10.2 Å². The Morgan fingerprint density at radius 2 is 1.93 bits per heavy atom. The molecule has 2 aromatic carbocycles. The van der Waals surface area contributed by atoms with E-state index in [2.05, 4.69) is 22.1 Å². The molecule has 0 aliphatic heterocycles. The topological polar surface area (TPSA) is 68.6 Å². The molecular formula is C22H26ClN3O2. The van der Waals surface area contributed by atoms with Gasteiger partial charge in [0.2, 0.25) is 0 Å². The van der Waals surface area contributed by atoms with Crippen molar-refractivity contribution in [3.63, 3.8) is 0 Å². The average Bonchev–Trinajstić information content (AvgIpc) is 2.68. The Morgan fingerprint density at radius 3 is 2.75 bits per heavy atom. The van der Waals surface area contributed by atoms with Gasteiger partial charge in [-0.15, -0.1) is 0 Å². The predicted molar refractivity (Wildman–Crippen MR) is 115 cm³/mol. The number of benzene rings is 2. The van der Waals surface area contributed by atoms with Gasteiger partial charge in [0.1, 0.15) is 11.5 Å². The van der Waals surface area contributed by atoms with Gasteiger partial charge in [-0.2, -0.15) is 0 Å². The lowest BCUT2D eigenvalue weighted by Gasteiger charge is -2.22. The van der Waals surface area contributed by atoms with E-state index in [0.717, 1.165) is 54.6 Å². The number of hydrogen-bond donors (Lipinski definition) is 3. The maximum absolute atomic E-state index is 10.0. The van der Waals surface area contributed by atoms with E-state index in [4.69, 9.17) is 11.6 Å². The molecular weight excluding hydrogens is 374 g/mol. The summed E-state index contributed by atoms with van der Waals surface area (Å²) in [6, 6.07) is 12.4. The zero-order valence-electron chi connectivity index (χ0n) is 16.0. The largest absolute Gasteiger partial charge is 0.508 e. The fourth-order valence-electron chi connectivity index (χ4n) is 3.33. The molecule has 0 bridgehead atoms. The van der Waals surface area contributed by atoms with Crippen LogP contribution in [0, 0.1) is 0 Å². The van der Waals surface area contributed by atoms with Crippen LogP contribution in [-0.2, 0) is 6.54 Å². The number of pyridine rings is 1. The SMILES string of the molecule is CCCN(CCCNc1ccnc2cc(Cl)ccc12)Cc1cc(O)ccc1O. The Hall–Kier alpha value is -2.50. The average molecular weight is 400 g/mol. The number of aromatic nitrogens is 1. The fraction of sp³-hybridized carbons (Fsp3) is 0.318. The number of aromatic hydroxyl groups is 2. The summed E-state index contributed by atoms with van der Waals surface area (Å²) in [4.78, 5) is 6.66. The maximum atomic E-state index is 10.0. The molecule has 0 spiro atoms. The fourth-order valence-corrected chi connectivity index (χ4v) is 3.49. The molecule has 28 heavy (non-hydrogen) atoms. The first-order valence-electron chi connectivity index (χ1n) is 9.58. The zero-order chi connectivity index (χ0) is 19.9. The van der Waals surface area contributed by atoms with Crippen LogP contribution in [0.1, 0.15) is 25.3 Å². The van der Waals surface area contributed by atoms with Crippen molar-refractivity contribution in [2.24, 2.45) is 0 Å². The van der Waals surface area contributed by atoms with Crippen LogP contribution in [0.3, 0.4) is 0 Å². The molecule has 0 amide bonds. The van der Waals surface area contributed by atoms with E-state index in [1.807, 2.05) is 24.3 Å². The van der Waals surface area contributed by atoms with E-state index in [1.165, 1.54) is 12.1 Å². The molecule has 0 atom stereocenters. The smallest absolute Gasteiger partial charge is 0.120 e. The molecule has 0 saturated carbocycles. The Morgan fingerprint density at radius 1 is 1.07 bits per heavy atom. The van der Waals surface area contributed by atoms with E-state index in [-0.39, 0.29) is 11.5 Å². The van der Waals surface area contributed by atoms with Crippen molar-refractivity contribution in [2.75, 3.05) is 25.0 Å². The number of nitrogens with zero attached hydrogens (tertiary/aromatic N) is 2. The summed E-state index contributed by atoms with van der Waals surface area (Å²) in [5.74, 6) is 0.398. The quantitative estimate of drug-likeness (QED) is 0.348. The first-order chi connectivity index (χ1) is 13.6. The van der Waals surface area contributed by atoms with Gasteiger partial charge >= 0.3 is 0 Å². The van der Waals surface area contributed by atoms with E-state index < -0.39 is 0 Å². The summed E-state index contributed by atoms with van der Waals surface area (Å²) in [7, 11) is 0. The molecule has 6 heteroatoms. The molecule has 3 N–H and O–H groups in total. The number of fused-ring (bicyclic) bond motifs is 1. The summed E-state index contributed by atoms with van der Waals surface area (Å²) in [6.07, 6.45) is 3.77. The number of anilines is 1. The normalized spacial score (nSPS) is 11.2. The van der Waals surface area contributed by atoms with Gasteiger partial charge in [-0.3, -0.25) is 9.88 Å². The van der Waals surface area contributed by atoms with Crippen LogP contribution in [-0.4, -0.2) is 39.7 Å². The first kappa shape index (κ1) is 20.2. The molecule has 0 radical (unpaired) electrons. The van der Waals surface area contributed by atoms with Crippen molar-refractivity contribution < 1.29 is 10.2 Å². The highest BCUT2D eigenvalue weighted by Gasteiger charge is 2.10. The van der Waals surface area contributed by atoms with Gasteiger partial charge in [-0.1, -0.05) is 18.5 Å². The summed E-state index contributed by atoms with van der Waals surface area (Å²) in [5, 5.41) is 24.9. The second-order valence-corrected chi connectivity index (χ2v) is 7.33. The highest BCUT2D eigenvalue weighted by molar-refractivity contribution is 6.31. The summed E-state index contributed by atoms with van der Waals surface area (Å²) in [5.41, 5.74) is 2.68. The van der Waals surface area contributed by atoms with Crippen LogP contribution in [0.25, 0.3) is 10.9 Å². The minimum Gasteiger partial charge on any atom is -0.508 e. The van der Waals surface area contributed by atoms with Crippen LogP contribution in [0.15, 0.2) is 48.7 Å². The number of hydrogen-bond acceptors (Lipinski definition) is 5. The van der Waals surface area contributed by atoms with E-state index in [1.54, 1.807) is 12.3 Å². The van der Waals surface area contributed by atoms with E-state index in [0.29, 0.717) is 11.6 Å². The van der Waals surface area contributed by atoms with Crippen molar-refractivity contribution in [2.45, 2.75) is 26.3 Å². The van der Waals surface area contributed by atoms with Crippen molar-refractivity contribution >= 4 is 28.2 Å². The van der Waals surface area contributed by atoms with Gasteiger partial charge in [-0.05, 0) is 61.9 Å². The molecule has 0 aliphatic carbocycles. The Balaban J connectivity index is 1.57. The molecule has 0 saturated heterocycles. The predicted octanol–water partition coefficient (Wildman–Crippen LogP) is 5.01. The number of phenolic OH excluding ortho intramolecular Hbond substituents is 2. The molecule has 0 aliphatic rings. The second kappa shape index (κ2) is 9.62. The van der Waals surface area contributed by atoms with Crippen molar-refractivity contribution in [1.82, 2.24) is 9.88 Å². The third-order valence-corrected chi connectivity index (χ3v) is 4.90.